The van der Waals surface area contributed by atoms with E-state index in [1.54, 1.807) is 6.92 Å². The zero-order chi connectivity index (χ0) is 25.7. The van der Waals surface area contributed by atoms with Gasteiger partial charge < -0.3 is 29.4 Å². The summed E-state index contributed by atoms with van der Waals surface area (Å²) in [5.74, 6) is -2.61. The number of nitrogens with one attached hydrogen (secondary N) is 1. The second-order valence-corrected chi connectivity index (χ2v) is 9.04. The van der Waals surface area contributed by atoms with E-state index < -0.39 is 35.9 Å². The number of ether oxygens (including phenoxy) is 4. The summed E-state index contributed by atoms with van der Waals surface area (Å²) in [6, 6.07) is 9.95. The summed E-state index contributed by atoms with van der Waals surface area (Å²) in [4.78, 5) is 42.2. The Kier molecular flexibility index (Phi) is 8.04. The number of cyclic esters (lactones) is 1. The summed E-state index contributed by atoms with van der Waals surface area (Å²) >= 11 is 0. The highest BCUT2D eigenvalue weighted by molar-refractivity contribution is 5.98. The number of carbonyl (C=O) groups is 3. The molecule has 4 atom stereocenters. The van der Waals surface area contributed by atoms with Crippen LogP contribution in [0.4, 0.5) is 0 Å². The minimum atomic E-state index is -1.16. The van der Waals surface area contributed by atoms with Crippen LogP contribution in [0, 0.1) is 11.8 Å². The van der Waals surface area contributed by atoms with Gasteiger partial charge in [-0.05, 0) is 31.7 Å². The Morgan fingerprint density at radius 2 is 1.92 bits per heavy atom. The number of hydrogen-bond acceptors (Lipinski definition) is 9. The van der Waals surface area contributed by atoms with E-state index in [-0.39, 0.29) is 42.5 Å². The zero-order valence-corrected chi connectivity index (χ0v) is 20.2. The van der Waals surface area contributed by atoms with Crippen molar-refractivity contribution in [3.63, 3.8) is 0 Å². The fourth-order valence-electron chi connectivity index (χ4n) is 4.14. The molecule has 10 heteroatoms. The second kappa shape index (κ2) is 11.4. The fraction of sp³-hybridized carbons (Fsp3) is 0.462. The number of amides is 1. The van der Waals surface area contributed by atoms with Crippen LogP contribution in [0.3, 0.4) is 0 Å². The summed E-state index contributed by atoms with van der Waals surface area (Å²) in [5.41, 5.74) is 0.731. The molecule has 2 N–H and O–H groups in total. The van der Waals surface area contributed by atoms with Crippen molar-refractivity contribution in [1.82, 2.24) is 10.3 Å². The van der Waals surface area contributed by atoms with Gasteiger partial charge >= 0.3 is 11.9 Å². The molecule has 1 aromatic heterocycles. The summed E-state index contributed by atoms with van der Waals surface area (Å²) in [5, 5.41) is 12.8. The molecule has 0 bridgehead atoms. The van der Waals surface area contributed by atoms with Crippen molar-refractivity contribution < 1.29 is 38.4 Å². The molecule has 192 valence electrons. The summed E-state index contributed by atoms with van der Waals surface area (Å²) < 4.78 is 22.4. The third kappa shape index (κ3) is 6.12. The largest absolute Gasteiger partial charge is 0.503 e. The van der Waals surface area contributed by atoms with Gasteiger partial charge in [-0.2, -0.15) is 0 Å². The number of carbonyl (C=O) groups excluding carboxylic acids is 3. The van der Waals surface area contributed by atoms with Crippen LogP contribution in [0.15, 0.2) is 42.6 Å². The molecule has 36 heavy (non-hydrogen) atoms. The molecule has 10 nitrogen and oxygen atoms in total. The average molecular weight is 499 g/mol. The molecule has 0 radical (unpaired) electrons. The summed E-state index contributed by atoms with van der Waals surface area (Å²) in [7, 11) is 1.35. The van der Waals surface area contributed by atoms with E-state index in [9.17, 15) is 19.5 Å². The predicted octanol–water partition coefficient (Wildman–Crippen LogP) is 2.04. The van der Waals surface area contributed by atoms with Crippen LogP contribution in [0.1, 0.15) is 35.8 Å². The van der Waals surface area contributed by atoms with Crippen LogP contribution in [0.2, 0.25) is 0 Å². The Balaban J connectivity index is 1.51. The Morgan fingerprint density at radius 3 is 2.61 bits per heavy atom. The Morgan fingerprint density at radius 1 is 1.17 bits per heavy atom. The molecule has 0 spiro atoms. The molecule has 4 unspecified atom stereocenters. The van der Waals surface area contributed by atoms with Gasteiger partial charge in [0, 0.05) is 18.2 Å². The van der Waals surface area contributed by atoms with Crippen LogP contribution in [-0.4, -0.2) is 66.5 Å². The molecule has 1 aliphatic carbocycles. The van der Waals surface area contributed by atoms with Crippen LogP contribution < -0.4 is 10.1 Å². The van der Waals surface area contributed by atoms with Gasteiger partial charge in [0.15, 0.2) is 23.2 Å². The Hall–Kier alpha value is -3.66. The van der Waals surface area contributed by atoms with E-state index in [1.807, 2.05) is 30.3 Å². The standard InChI is InChI=1S/C26H30N2O8/c1-15-23(36-25(31)17-8-9-17)18(12-16-6-4-3-5-7-16)13-34-14-19(26(32)35-15)28-24(30)21-22(29)20(33-2)10-11-27-21/h3-7,10-11,15,17-19,23,29H,8-9,12-14H2,1-2H3,(H,28,30). The average Bonchev–Trinajstić information content (AvgIpc) is 3.71. The lowest BCUT2D eigenvalue weighted by Gasteiger charge is -2.30. The monoisotopic (exact) mass is 498 g/mol. The number of benzene rings is 1. The number of pyridine rings is 1. The van der Waals surface area contributed by atoms with E-state index in [4.69, 9.17) is 18.9 Å². The van der Waals surface area contributed by atoms with Gasteiger partial charge in [0.05, 0.1) is 26.2 Å². The molecule has 1 aliphatic heterocycles. The van der Waals surface area contributed by atoms with Crippen LogP contribution in [0.25, 0.3) is 0 Å². The van der Waals surface area contributed by atoms with Gasteiger partial charge in [-0.1, -0.05) is 30.3 Å². The first-order valence-corrected chi connectivity index (χ1v) is 11.9. The number of hydrogen-bond donors (Lipinski definition) is 2. The first kappa shape index (κ1) is 25.4. The molecule has 4 rings (SSSR count). The molecule has 1 amide bonds. The third-order valence-electron chi connectivity index (χ3n) is 6.26. The third-order valence-corrected chi connectivity index (χ3v) is 6.26. The van der Waals surface area contributed by atoms with Crippen molar-refractivity contribution in [3.05, 3.63) is 53.9 Å². The van der Waals surface area contributed by atoms with Crippen LogP contribution in [-0.2, 0) is 30.2 Å². The molecule has 1 saturated heterocycles. The molecule has 2 aromatic rings. The fourth-order valence-corrected chi connectivity index (χ4v) is 4.14. The molecule has 2 heterocycles. The Labute approximate surface area is 208 Å². The topological polar surface area (TPSA) is 133 Å². The second-order valence-electron chi connectivity index (χ2n) is 9.04. The number of aromatic hydroxyl groups is 1. The number of rotatable bonds is 7. The quantitative estimate of drug-likeness (QED) is 0.550. The van der Waals surface area contributed by atoms with Crippen LogP contribution in [0.5, 0.6) is 11.5 Å². The van der Waals surface area contributed by atoms with Gasteiger partial charge in [-0.25, -0.2) is 9.78 Å². The highest BCUT2D eigenvalue weighted by Crippen LogP contribution is 2.33. The molecule has 2 aliphatic rings. The number of esters is 2. The maximum atomic E-state index is 13.0. The number of aromatic nitrogens is 1. The van der Waals surface area contributed by atoms with Gasteiger partial charge in [0.25, 0.3) is 5.91 Å². The van der Waals surface area contributed by atoms with Crippen molar-refractivity contribution in [2.75, 3.05) is 20.3 Å². The van der Waals surface area contributed by atoms with Gasteiger partial charge in [-0.3, -0.25) is 9.59 Å². The maximum Gasteiger partial charge on any atom is 0.331 e. The van der Waals surface area contributed by atoms with Crippen molar-refractivity contribution in [2.45, 2.75) is 44.4 Å². The van der Waals surface area contributed by atoms with Crippen LogP contribution >= 0.6 is 0 Å². The normalized spacial score (nSPS) is 24.4. The lowest BCUT2D eigenvalue weighted by atomic mass is 9.91. The van der Waals surface area contributed by atoms with Crippen molar-refractivity contribution in [1.29, 1.82) is 0 Å². The predicted molar refractivity (Wildman–Crippen MR) is 126 cm³/mol. The summed E-state index contributed by atoms with van der Waals surface area (Å²) in [6.45, 7) is 1.67. The molecule has 2 fully saturated rings. The van der Waals surface area contributed by atoms with Gasteiger partial charge in [0.2, 0.25) is 0 Å². The Bertz CT molecular complexity index is 1090. The number of methoxy groups -OCH3 is 1. The van der Waals surface area contributed by atoms with Crippen molar-refractivity contribution in [2.24, 2.45) is 11.8 Å². The number of nitrogens with zero attached hydrogens (tertiary/aromatic N) is 1. The van der Waals surface area contributed by atoms with E-state index >= 15 is 0 Å². The lowest BCUT2D eigenvalue weighted by Crippen LogP contribution is -2.46. The maximum absolute atomic E-state index is 13.0. The minimum Gasteiger partial charge on any atom is -0.503 e. The smallest absolute Gasteiger partial charge is 0.331 e. The van der Waals surface area contributed by atoms with Gasteiger partial charge in [-0.15, -0.1) is 0 Å². The molecule has 1 aromatic carbocycles. The van der Waals surface area contributed by atoms with E-state index in [0.29, 0.717) is 6.42 Å². The summed E-state index contributed by atoms with van der Waals surface area (Å²) in [6.07, 6.45) is 1.93. The first-order chi connectivity index (χ1) is 17.4. The van der Waals surface area contributed by atoms with Crippen molar-refractivity contribution in [3.8, 4) is 11.5 Å². The minimum absolute atomic E-state index is 0.0705. The van der Waals surface area contributed by atoms with E-state index in [0.717, 1.165) is 18.4 Å². The van der Waals surface area contributed by atoms with E-state index in [2.05, 4.69) is 10.3 Å². The van der Waals surface area contributed by atoms with E-state index in [1.165, 1.54) is 19.4 Å². The highest BCUT2D eigenvalue weighted by atomic mass is 16.6. The van der Waals surface area contributed by atoms with Crippen molar-refractivity contribution >= 4 is 17.8 Å². The molecular formula is C26H30N2O8. The molecular weight excluding hydrogens is 468 g/mol. The first-order valence-electron chi connectivity index (χ1n) is 11.9. The highest BCUT2D eigenvalue weighted by Gasteiger charge is 2.40. The zero-order valence-electron chi connectivity index (χ0n) is 20.2. The lowest BCUT2D eigenvalue weighted by molar-refractivity contribution is -0.172. The van der Waals surface area contributed by atoms with Gasteiger partial charge in [0.1, 0.15) is 12.2 Å². The SMILES string of the molecule is COc1ccnc(C(=O)NC2COCC(Cc3ccccc3)C(OC(=O)C3CC3)C(C)OC2=O)c1O. The molecule has 1 saturated carbocycles.